The molecule has 2 aromatic rings. The van der Waals surface area contributed by atoms with Crippen molar-refractivity contribution in [3.63, 3.8) is 0 Å². The van der Waals surface area contributed by atoms with Crippen LogP contribution in [-0.2, 0) is 10.0 Å². The number of aromatic carboxylic acids is 1. The molecule has 0 amide bonds. The maximum Gasteiger partial charge on any atom is 0.356 e. The van der Waals surface area contributed by atoms with E-state index < -0.39 is 16.0 Å². The molecule has 2 heterocycles. The Morgan fingerprint density at radius 1 is 1.26 bits per heavy atom. The fourth-order valence-corrected chi connectivity index (χ4v) is 3.03. The van der Waals surface area contributed by atoms with Crippen LogP contribution in [0, 0.1) is 0 Å². The number of hydrogen-bond acceptors (Lipinski definition) is 4. The minimum Gasteiger partial charge on any atom is -0.476 e. The van der Waals surface area contributed by atoms with E-state index >= 15 is 0 Å². The maximum absolute atomic E-state index is 11.8. The molecule has 96 valence electrons. The van der Waals surface area contributed by atoms with Gasteiger partial charge in [-0.25, -0.2) is 9.78 Å². The highest BCUT2D eigenvalue weighted by Crippen LogP contribution is 2.26. The molecular weight excluding hydrogens is 270 g/mol. The summed E-state index contributed by atoms with van der Waals surface area (Å²) in [5, 5.41) is 8.80. The molecule has 1 aliphatic heterocycles. The topological polar surface area (TPSA) is 102 Å². The third kappa shape index (κ3) is 1.73. The number of rotatable bonds is 1. The first kappa shape index (κ1) is 11.6. The van der Waals surface area contributed by atoms with Crippen LogP contribution in [0.2, 0.25) is 0 Å². The van der Waals surface area contributed by atoms with Gasteiger partial charge in [-0.2, -0.15) is 8.42 Å². The van der Waals surface area contributed by atoms with Crippen LogP contribution in [0.3, 0.4) is 0 Å². The molecule has 0 saturated heterocycles. The van der Waals surface area contributed by atoms with E-state index in [4.69, 9.17) is 5.11 Å². The molecule has 1 N–H and O–H groups in total. The van der Waals surface area contributed by atoms with Crippen LogP contribution >= 0.6 is 0 Å². The SMILES string of the molecule is O=C(O)c1cn(C2=NS(=O)(=O)c3ccccc32)cn1. The van der Waals surface area contributed by atoms with Gasteiger partial charge in [0, 0.05) is 11.8 Å². The third-order valence-electron chi connectivity index (χ3n) is 2.66. The van der Waals surface area contributed by atoms with Crippen LogP contribution in [0.25, 0.3) is 0 Å². The van der Waals surface area contributed by atoms with Crippen molar-refractivity contribution in [2.24, 2.45) is 4.40 Å². The highest BCUT2D eigenvalue weighted by molar-refractivity contribution is 7.90. The molecule has 8 heteroatoms. The first-order chi connectivity index (χ1) is 8.99. The van der Waals surface area contributed by atoms with Crippen molar-refractivity contribution >= 4 is 21.8 Å². The lowest BCUT2D eigenvalue weighted by atomic mass is 10.2. The van der Waals surface area contributed by atoms with Gasteiger partial charge in [-0.3, -0.25) is 4.57 Å². The first-order valence-electron chi connectivity index (χ1n) is 5.21. The molecule has 0 radical (unpaired) electrons. The summed E-state index contributed by atoms with van der Waals surface area (Å²) in [5.74, 6) is -1.04. The van der Waals surface area contributed by atoms with Crippen LogP contribution in [-0.4, -0.2) is 34.9 Å². The van der Waals surface area contributed by atoms with Crippen LogP contribution < -0.4 is 0 Å². The Balaban J connectivity index is 2.19. The van der Waals surface area contributed by atoms with Gasteiger partial charge in [-0.1, -0.05) is 12.1 Å². The molecule has 19 heavy (non-hydrogen) atoms. The van der Waals surface area contributed by atoms with Crippen molar-refractivity contribution in [3.8, 4) is 0 Å². The molecule has 0 aliphatic carbocycles. The van der Waals surface area contributed by atoms with Gasteiger partial charge in [0.25, 0.3) is 10.0 Å². The summed E-state index contributed by atoms with van der Waals surface area (Å²) in [6.07, 6.45) is 2.44. The van der Waals surface area contributed by atoms with Crippen LogP contribution in [0.15, 0.2) is 46.1 Å². The standard InChI is InChI=1S/C11H7N3O4S/c15-11(16)8-5-14(6-12-8)10-7-3-1-2-4-9(7)19(17,18)13-10/h1-6H,(H,15,16). The molecule has 0 bridgehead atoms. The average Bonchev–Trinajstić information content (AvgIpc) is 2.94. The van der Waals surface area contributed by atoms with Gasteiger partial charge in [0.2, 0.25) is 0 Å². The van der Waals surface area contributed by atoms with Crippen molar-refractivity contribution in [3.05, 3.63) is 48.0 Å². The zero-order chi connectivity index (χ0) is 13.6. The number of aromatic nitrogens is 2. The Kier molecular flexibility index (Phi) is 2.29. The van der Waals surface area contributed by atoms with E-state index in [0.29, 0.717) is 5.56 Å². The Bertz CT molecular complexity index is 820. The molecule has 0 spiro atoms. The van der Waals surface area contributed by atoms with Gasteiger partial charge in [0.15, 0.2) is 11.5 Å². The van der Waals surface area contributed by atoms with Gasteiger partial charge in [0.1, 0.15) is 11.2 Å². The minimum absolute atomic E-state index is 0.107. The van der Waals surface area contributed by atoms with Gasteiger partial charge >= 0.3 is 5.97 Å². The smallest absolute Gasteiger partial charge is 0.356 e. The molecule has 0 saturated carbocycles. The largest absolute Gasteiger partial charge is 0.476 e. The second kappa shape index (κ2) is 3.75. The molecule has 7 nitrogen and oxygen atoms in total. The van der Waals surface area contributed by atoms with Gasteiger partial charge in [0.05, 0.1) is 0 Å². The Labute approximate surface area is 107 Å². The fraction of sp³-hybridized carbons (Fsp3) is 0. The summed E-state index contributed by atoms with van der Waals surface area (Å²) in [6.45, 7) is 0. The van der Waals surface area contributed by atoms with E-state index in [9.17, 15) is 13.2 Å². The highest BCUT2D eigenvalue weighted by atomic mass is 32.2. The number of carboxylic acid groups (broad SMARTS) is 1. The summed E-state index contributed by atoms with van der Waals surface area (Å²) < 4.78 is 28.6. The number of sulfonamides is 1. The second-order valence-electron chi connectivity index (χ2n) is 3.86. The van der Waals surface area contributed by atoms with Gasteiger partial charge in [-0.15, -0.1) is 4.40 Å². The molecule has 1 aliphatic rings. The molecule has 1 aromatic carbocycles. The normalized spacial score (nSPS) is 15.9. The van der Waals surface area contributed by atoms with Crippen molar-refractivity contribution < 1.29 is 18.3 Å². The quantitative estimate of drug-likeness (QED) is 0.821. The van der Waals surface area contributed by atoms with Gasteiger partial charge in [-0.05, 0) is 12.1 Å². The molecule has 3 rings (SSSR count). The maximum atomic E-state index is 11.8. The molecule has 1 aromatic heterocycles. The summed E-state index contributed by atoms with van der Waals surface area (Å²) in [6, 6.07) is 6.35. The van der Waals surface area contributed by atoms with Crippen molar-refractivity contribution in [1.82, 2.24) is 9.55 Å². The monoisotopic (exact) mass is 277 g/mol. The molecule has 0 fully saturated rings. The van der Waals surface area contributed by atoms with Crippen molar-refractivity contribution in [2.45, 2.75) is 4.90 Å². The zero-order valence-electron chi connectivity index (χ0n) is 9.39. The molecule has 0 atom stereocenters. The summed E-state index contributed by atoms with van der Waals surface area (Å²) >= 11 is 0. The van der Waals surface area contributed by atoms with E-state index in [1.54, 1.807) is 18.2 Å². The third-order valence-corrected chi connectivity index (χ3v) is 3.98. The minimum atomic E-state index is -3.72. The molecular formula is C11H7N3O4S. The summed E-state index contributed by atoms with van der Waals surface area (Å²) in [4.78, 5) is 14.5. The van der Waals surface area contributed by atoms with Crippen LogP contribution in [0.4, 0.5) is 0 Å². The first-order valence-corrected chi connectivity index (χ1v) is 6.65. The Morgan fingerprint density at radius 3 is 2.68 bits per heavy atom. The molecule has 0 unspecified atom stereocenters. The fourth-order valence-electron chi connectivity index (χ4n) is 1.82. The Morgan fingerprint density at radius 2 is 2.00 bits per heavy atom. The summed E-state index contributed by atoms with van der Waals surface area (Å²) in [5.41, 5.74) is 0.251. The van der Waals surface area contributed by atoms with Crippen molar-refractivity contribution in [1.29, 1.82) is 0 Å². The number of benzene rings is 1. The zero-order valence-corrected chi connectivity index (χ0v) is 10.2. The number of hydrogen-bond donors (Lipinski definition) is 1. The van der Waals surface area contributed by atoms with E-state index in [2.05, 4.69) is 9.38 Å². The highest BCUT2D eigenvalue weighted by Gasteiger charge is 2.29. The lowest BCUT2D eigenvalue weighted by Gasteiger charge is -2.01. The number of carbonyl (C=O) groups is 1. The van der Waals surface area contributed by atoms with Crippen molar-refractivity contribution in [2.75, 3.05) is 0 Å². The predicted molar refractivity (Wildman–Crippen MR) is 64.7 cm³/mol. The number of nitrogens with zero attached hydrogens (tertiary/aromatic N) is 3. The lowest BCUT2D eigenvalue weighted by Crippen LogP contribution is -2.09. The van der Waals surface area contributed by atoms with E-state index in [1.165, 1.54) is 23.2 Å². The Hall–Kier alpha value is -2.48. The lowest BCUT2D eigenvalue weighted by molar-refractivity contribution is 0.0691. The number of carboxylic acids is 1. The number of imidazole rings is 1. The predicted octanol–water partition coefficient (Wildman–Crippen LogP) is 0.579. The van der Waals surface area contributed by atoms with Crippen LogP contribution in [0.5, 0.6) is 0 Å². The van der Waals surface area contributed by atoms with Crippen LogP contribution in [0.1, 0.15) is 16.1 Å². The van der Waals surface area contributed by atoms with E-state index in [0.717, 1.165) is 0 Å². The second-order valence-corrected chi connectivity index (χ2v) is 5.43. The van der Waals surface area contributed by atoms with E-state index in [1.807, 2.05) is 0 Å². The van der Waals surface area contributed by atoms with Gasteiger partial charge < -0.3 is 5.11 Å². The average molecular weight is 277 g/mol. The summed E-state index contributed by atoms with van der Waals surface area (Å²) in [7, 11) is -3.72. The van der Waals surface area contributed by atoms with E-state index in [-0.39, 0.29) is 16.4 Å². The number of fused-ring (bicyclic) bond motifs is 1.